The highest BCUT2D eigenvalue weighted by atomic mass is 32.1. The summed E-state index contributed by atoms with van der Waals surface area (Å²) < 4.78 is 19.2. The second-order valence-corrected chi connectivity index (χ2v) is 50.1. The summed E-state index contributed by atoms with van der Waals surface area (Å²) in [6, 6.07) is 83.4. The van der Waals surface area contributed by atoms with E-state index in [1.165, 1.54) is 69.1 Å². The minimum absolute atomic E-state index is 0. The molecule has 4 aromatic heterocycles. The lowest BCUT2D eigenvalue weighted by Crippen LogP contribution is -2.10. The second-order valence-electron chi connectivity index (χ2n) is 48.0. The number of hydrogen-bond acceptors (Lipinski definition) is 8. The Hall–Kier alpha value is -8.69. The Morgan fingerprint density at radius 2 is 0.592 bits per heavy atom. The molecule has 13 aromatic rings. The molecule has 0 radical (unpaired) electrons. The summed E-state index contributed by atoms with van der Waals surface area (Å²) in [5, 5.41) is 5.05. The van der Waals surface area contributed by atoms with E-state index >= 15 is 0 Å². The fourth-order valence-corrected chi connectivity index (χ4v) is 11.6. The molecule has 0 aliphatic heterocycles. The number of fused-ring (bicyclic) bond motifs is 6. The van der Waals surface area contributed by atoms with E-state index in [-0.39, 0.29) is 24.4 Å². The predicted octanol–water partition coefficient (Wildman–Crippen LogP) is 40.9. The van der Waals surface area contributed by atoms with E-state index in [1.807, 2.05) is 80.7 Å². The first-order chi connectivity index (χ1) is 58.9. The monoisotopic (exact) mass is 1810 g/mol. The maximum Gasteiger partial charge on any atom is 0.199 e. The van der Waals surface area contributed by atoms with E-state index in [0.717, 1.165) is 46.4 Å². The van der Waals surface area contributed by atoms with Crippen LogP contribution in [0.1, 0.15) is 386 Å². The van der Waals surface area contributed by atoms with Gasteiger partial charge in [0.2, 0.25) is 0 Å². The molecule has 1 aliphatic carbocycles. The van der Waals surface area contributed by atoms with Crippen molar-refractivity contribution in [2.24, 2.45) is 37.9 Å². The van der Waals surface area contributed by atoms with E-state index < -0.39 is 0 Å². The van der Waals surface area contributed by atoms with Gasteiger partial charge < -0.3 is 13.6 Å². The Labute approximate surface area is 807 Å². The molecule has 0 N–H and O–H groups in total. The second kappa shape index (κ2) is 59.0. The zero-order valence-corrected chi connectivity index (χ0v) is 91.8. The minimum Gasteiger partial charge on any atom is -0.491 e. The van der Waals surface area contributed by atoms with Crippen molar-refractivity contribution in [3.8, 4) is 28.0 Å². The third kappa shape index (κ3) is 67.5. The highest BCUT2D eigenvalue weighted by Crippen LogP contribution is 2.37. The van der Waals surface area contributed by atoms with Crippen LogP contribution < -0.4 is 4.74 Å². The zero-order valence-electron chi connectivity index (χ0n) is 90.1. The van der Waals surface area contributed by atoms with Gasteiger partial charge in [-0.15, -0.1) is 22.7 Å². The molecule has 14 rings (SSSR count). The van der Waals surface area contributed by atoms with Crippen molar-refractivity contribution in [2.75, 3.05) is 0 Å². The van der Waals surface area contributed by atoms with E-state index in [4.69, 9.17) is 23.5 Å². The zero-order chi connectivity index (χ0) is 99.3. The summed E-state index contributed by atoms with van der Waals surface area (Å²) in [4.78, 5) is 13.7. The van der Waals surface area contributed by atoms with Gasteiger partial charge in [-0.2, -0.15) is 0 Å². The Kier molecular flexibility index (Phi) is 56.0. The number of aryl methyl sites for hydroxylation is 1. The number of nitrogens with zero attached hydrogens (tertiary/aromatic N) is 3. The summed E-state index contributed by atoms with van der Waals surface area (Å²) in [5.41, 5.74) is 15.5. The van der Waals surface area contributed by atoms with E-state index in [1.54, 1.807) is 22.7 Å². The smallest absolute Gasteiger partial charge is 0.199 e. The van der Waals surface area contributed by atoms with E-state index in [2.05, 4.69) is 485 Å². The summed E-state index contributed by atoms with van der Waals surface area (Å²) in [5.74, 6) is 6.81. The lowest BCUT2D eigenvalue weighted by Gasteiger charge is -2.14. The molecule has 0 fully saturated rings. The number of rotatable bonds is 7. The van der Waals surface area contributed by atoms with Gasteiger partial charge in [0.15, 0.2) is 5.89 Å². The first kappa shape index (κ1) is 123. The van der Waals surface area contributed by atoms with Gasteiger partial charge in [0.25, 0.3) is 0 Å². The molecule has 0 saturated heterocycles. The number of ether oxygens (including phenoxy) is 1. The van der Waals surface area contributed by atoms with Crippen LogP contribution in [-0.4, -0.2) is 21.1 Å². The van der Waals surface area contributed by atoms with Crippen LogP contribution in [0.3, 0.4) is 0 Å². The number of thiazole rings is 2. The van der Waals surface area contributed by atoms with Crippen LogP contribution in [-0.2, 0) is 17.3 Å². The summed E-state index contributed by atoms with van der Waals surface area (Å²) in [6.07, 6.45) is 3.19. The lowest BCUT2D eigenvalue weighted by molar-refractivity contribution is 0.242. The molecule has 6 nitrogen and oxygen atoms in total. The molecule has 0 amide bonds. The fraction of sp³-hybridized carbons (Fsp3) is 0.500. The molecule has 0 bridgehead atoms. The fourth-order valence-electron chi connectivity index (χ4n) is 9.62. The first-order valence-electron chi connectivity index (χ1n) is 47.1. The highest BCUT2D eigenvalue weighted by Gasteiger charge is 2.22. The number of aromatic nitrogens is 3. The van der Waals surface area contributed by atoms with Crippen molar-refractivity contribution >= 4 is 53.9 Å². The molecule has 9 aromatic carbocycles. The highest BCUT2D eigenvalue weighted by molar-refractivity contribution is 7.20. The van der Waals surface area contributed by atoms with E-state index in [0.29, 0.717) is 61.6 Å². The van der Waals surface area contributed by atoms with Crippen molar-refractivity contribution in [3.63, 3.8) is 0 Å². The van der Waals surface area contributed by atoms with Crippen LogP contribution in [0.2, 0.25) is 0 Å². The van der Waals surface area contributed by atoms with Crippen LogP contribution in [0.25, 0.3) is 53.5 Å². The van der Waals surface area contributed by atoms with E-state index in [9.17, 15) is 0 Å². The Bertz CT molecular complexity index is 4550. The number of furan rings is 1. The van der Waals surface area contributed by atoms with Crippen molar-refractivity contribution in [2.45, 2.75) is 366 Å². The maximum atomic E-state index is 5.71. The molecule has 0 saturated carbocycles. The van der Waals surface area contributed by atoms with Gasteiger partial charge >= 0.3 is 0 Å². The summed E-state index contributed by atoms with van der Waals surface area (Å²) in [7, 11) is 0. The van der Waals surface area contributed by atoms with Gasteiger partial charge in [-0.1, -0.05) is 510 Å². The molecule has 4 heterocycles. The predicted molar refractivity (Wildman–Crippen MR) is 588 cm³/mol. The van der Waals surface area contributed by atoms with Crippen LogP contribution in [0.4, 0.5) is 0 Å². The van der Waals surface area contributed by atoms with Crippen molar-refractivity contribution in [3.05, 3.63) is 299 Å². The van der Waals surface area contributed by atoms with Gasteiger partial charge in [-0.3, -0.25) is 0 Å². The van der Waals surface area contributed by atoms with Gasteiger partial charge in [0.05, 0.1) is 42.7 Å². The lowest BCUT2D eigenvalue weighted by atomic mass is 9.94. The molecule has 130 heavy (non-hydrogen) atoms. The molecule has 0 spiro atoms. The molecule has 8 heteroatoms. The van der Waals surface area contributed by atoms with Crippen LogP contribution in [0, 0.1) is 44.8 Å². The SMILES string of the molecule is C.CC(C)(C)C.CC(C)(C)C.CC(C)(C)C.CC(C)(C)C.CC(C)(C)C.CC(C)(C)C.CC(C)(C)C.CC(C)Oc1ccccc1.CC(C)c1ccc(C(C)(C)C)o1.CC(C)c1cnc(C(C)(C)C)o1.CC(C)c1nc2cc3sc(C(C)C)nc3cc2s1.Cc1ccccc1.c1ccc(-c2ccccc2)cc1.c1ccc2c(c1)Cc1ccccc1-2.c1ccc2ccccc2c1. The standard InChI is InChI=1S/C14H16N2S2.C13H10.C12H10.C11H18O.C10H17NO.C10H8.C9H12O.C7H8.7C5H12.CH4/c1-7(2)13-15-9-5-12-10(6-11(9)17-13)16-14(18-12)8(3)4;1-3-7-12-10(5-1)9-11-6-2-4-8-13(11)12;1-3-7-11(8-4-1)12-9-5-2-6-10-12;1-8(2)9-6-7-10(12-9)11(3,4)5;1-7(2)8-6-11-9(12-8)10(3,4)5;1-2-6-10-8-4-3-7-9(10)5-1;1-8(2)10-9-6-4-3-5-7-9;1-7-5-3-2-4-6-7;7*1-5(2,3)4;/h5-8H,1-4H3;1-8H,9H2;1-10H;6-8H,1-5H3;6-7H,1-5H3;1-8H;3-8H,1-2H3;2-6H,1H3;7*1-4H3;1H4. The average Bonchev–Trinajstić information content (AvgIpc) is 1.62. The number of hydrogen-bond donors (Lipinski definition) is 0. The molecular weight excluding hydrogens is 1620 g/mol. The van der Waals surface area contributed by atoms with Gasteiger partial charge in [-0.05, 0) is 146 Å². The number of para-hydroxylation sites is 1. The Balaban J connectivity index is 0. The number of benzene rings is 9. The largest absolute Gasteiger partial charge is 0.491 e. The van der Waals surface area contributed by atoms with Gasteiger partial charge in [-0.25, -0.2) is 15.0 Å². The molecule has 1 aliphatic rings. The quantitative estimate of drug-likeness (QED) is 0.158. The minimum atomic E-state index is 0. The van der Waals surface area contributed by atoms with Gasteiger partial charge in [0, 0.05) is 34.5 Å². The van der Waals surface area contributed by atoms with Crippen molar-refractivity contribution in [1.82, 2.24) is 15.0 Å². The van der Waals surface area contributed by atoms with Crippen molar-refractivity contribution in [1.29, 1.82) is 0 Å². The summed E-state index contributed by atoms with van der Waals surface area (Å²) >= 11 is 3.58. The molecule has 0 atom stereocenters. The number of oxazole rings is 1. The third-order valence-electron chi connectivity index (χ3n) is 14.9. The van der Waals surface area contributed by atoms with Crippen LogP contribution in [0.15, 0.2) is 258 Å². The van der Waals surface area contributed by atoms with Crippen LogP contribution in [0.5, 0.6) is 5.75 Å². The Morgan fingerprint density at radius 1 is 0.308 bits per heavy atom. The normalized spacial score (nSPS) is 11.4. The third-order valence-corrected chi connectivity index (χ3v) is 17.5. The average molecular weight is 1810 g/mol. The van der Waals surface area contributed by atoms with Gasteiger partial charge in [0.1, 0.15) is 23.0 Å². The van der Waals surface area contributed by atoms with Crippen LogP contribution >= 0.6 is 22.7 Å². The topological polar surface area (TPSA) is 74.2 Å². The molecule has 0 unspecified atom stereocenters. The summed E-state index contributed by atoms with van der Waals surface area (Å²) in [6.45, 7) is 97.4. The van der Waals surface area contributed by atoms with Crippen molar-refractivity contribution < 1.29 is 13.6 Å². The molecular formula is C122H187N3O3S2. The Morgan fingerprint density at radius 3 is 0.831 bits per heavy atom. The first-order valence-corrected chi connectivity index (χ1v) is 48.8. The molecule has 720 valence electrons. The maximum absolute atomic E-state index is 5.71.